The van der Waals surface area contributed by atoms with Crippen LogP contribution in [-0.4, -0.2) is 11.1 Å². The van der Waals surface area contributed by atoms with Crippen molar-refractivity contribution in [3.05, 3.63) is 35.1 Å². The number of carbonyl (C=O) groups is 1. The zero-order valence-electron chi connectivity index (χ0n) is 10.2. The van der Waals surface area contributed by atoms with Gasteiger partial charge in [0.25, 0.3) is 0 Å². The number of aliphatic carboxylic acids is 1. The van der Waals surface area contributed by atoms with Crippen molar-refractivity contribution in [3.63, 3.8) is 0 Å². The summed E-state index contributed by atoms with van der Waals surface area (Å²) in [6, 6.07) is 4.23. The number of benzene rings is 1. The second kappa shape index (κ2) is 5.27. The molecule has 0 radical (unpaired) electrons. The minimum atomic E-state index is -1.42. The lowest BCUT2D eigenvalue weighted by molar-refractivity contribution is -0.144. The molecule has 0 bridgehead atoms. The fraction of sp³-hybridized carbons (Fsp3) is 0.462. The molecule has 0 aliphatic heterocycles. The lowest BCUT2D eigenvalue weighted by Gasteiger charge is -2.25. The summed E-state index contributed by atoms with van der Waals surface area (Å²) >= 11 is 0. The van der Waals surface area contributed by atoms with Gasteiger partial charge in [-0.25, -0.2) is 9.18 Å². The molecule has 0 aliphatic carbocycles. The highest BCUT2D eigenvalue weighted by Crippen LogP contribution is 2.26. The Bertz CT molecular complexity index is 420. The van der Waals surface area contributed by atoms with Crippen LogP contribution in [0.2, 0.25) is 0 Å². The molecule has 4 heteroatoms. The number of hydrogen-bond donors (Lipinski definition) is 2. The number of nitrogens with two attached hydrogens (primary N) is 1. The molecule has 1 rings (SSSR count). The van der Waals surface area contributed by atoms with E-state index in [9.17, 15) is 14.3 Å². The van der Waals surface area contributed by atoms with Crippen LogP contribution in [0, 0.1) is 12.7 Å². The molecule has 3 N–H and O–H groups in total. The van der Waals surface area contributed by atoms with Crippen LogP contribution in [0.4, 0.5) is 4.39 Å². The molecule has 1 aromatic carbocycles. The molecule has 0 aromatic heterocycles. The molecule has 1 aromatic rings. The van der Waals surface area contributed by atoms with Crippen LogP contribution in [0.25, 0.3) is 0 Å². The molecular formula is C13H18FNO2. The molecule has 3 nitrogen and oxygen atoms in total. The molecule has 1 atom stereocenters. The molecule has 0 amide bonds. The van der Waals surface area contributed by atoms with Crippen LogP contribution in [0.15, 0.2) is 18.2 Å². The molecule has 0 fully saturated rings. The topological polar surface area (TPSA) is 63.3 Å². The van der Waals surface area contributed by atoms with Gasteiger partial charge in [-0.05, 0) is 30.5 Å². The van der Waals surface area contributed by atoms with Gasteiger partial charge in [-0.1, -0.05) is 31.9 Å². The van der Waals surface area contributed by atoms with Crippen molar-refractivity contribution in [1.29, 1.82) is 0 Å². The molecule has 17 heavy (non-hydrogen) atoms. The summed E-state index contributed by atoms with van der Waals surface area (Å²) in [5.41, 5.74) is 5.39. The van der Waals surface area contributed by atoms with Crippen molar-refractivity contribution in [1.82, 2.24) is 0 Å². The lowest BCUT2D eigenvalue weighted by Crippen LogP contribution is -2.44. The number of rotatable bonds is 5. The monoisotopic (exact) mass is 239 g/mol. The maximum Gasteiger partial charge on any atom is 0.328 e. The van der Waals surface area contributed by atoms with E-state index in [0.717, 1.165) is 12.8 Å². The Balaban J connectivity index is 3.13. The number of halogens is 1. The molecule has 1 unspecified atom stereocenters. The third kappa shape index (κ3) is 2.82. The van der Waals surface area contributed by atoms with Crippen molar-refractivity contribution >= 4 is 5.97 Å². The second-order valence-corrected chi connectivity index (χ2v) is 4.34. The van der Waals surface area contributed by atoms with Crippen LogP contribution < -0.4 is 5.73 Å². The van der Waals surface area contributed by atoms with E-state index in [-0.39, 0.29) is 5.82 Å². The Hall–Kier alpha value is -1.42. The lowest BCUT2D eigenvalue weighted by atomic mass is 9.85. The van der Waals surface area contributed by atoms with E-state index in [1.165, 1.54) is 18.2 Å². The SMILES string of the molecule is CCCCC(N)(C(=O)O)c1ccc(F)c(C)c1. The van der Waals surface area contributed by atoms with Crippen LogP contribution in [0.3, 0.4) is 0 Å². The highest BCUT2D eigenvalue weighted by Gasteiger charge is 2.35. The average molecular weight is 239 g/mol. The average Bonchev–Trinajstić information content (AvgIpc) is 2.29. The number of unbranched alkanes of at least 4 members (excludes halogenated alkanes) is 1. The Kier molecular flexibility index (Phi) is 4.23. The van der Waals surface area contributed by atoms with Gasteiger partial charge < -0.3 is 10.8 Å². The molecule has 0 saturated heterocycles. The molecule has 0 saturated carbocycles. The van der Waals surface area contributed by atoms with Crippen LogP contribution in [-0.2, 0) is 10.3 Å². The maximum atomic E-state index is 13.2. The van der Waals surface area contributed by atoms with E-state index in [2.05, 4.69) is 0 Å². The first-order valence-electron chi connectivity index (χ1n) is 5.70. The van der Waals surface area contributed by atoms with E-state index >= 15 is 0 Å². The zero-order valence-corrected chi connectivity index (χ0v) is 10.2. The summed E-state index contributed by atoms with van der Waals surface area (Å²) in [5.74, 6) is -1.42. The van der Waals surface area contributed by atoms with Gasteiger partial charge in [0, 0.05) is 0 Å². The highest BCUT2D eigenvalue weighted by atomic mass is 19.1. The third-order valence-corrected chi connectivity index (χ3v) is 2.98. The van der Waals surface area contributed by atoms with Gasteiger partial charge in [0.1, 0.15) is 11.4 Å². The maximum absolute atomic E-state index is 13.2. The first kappa shape index (κ1) is 13.6. The fourth-order valence-corrected chi connectivity index (χ4v) is 1.75. The first-order chi connectivity index (χ1) is 7.91. The van der Waals surface area contributed by atoms with Gasteiger partial charge in [-0.2, -0.15) is 0 Å². The smallest absolute Gasteiger partial charge is 0.328 e. The van der Waals surface area contributed by atoms with Gasteiger partial charge in [0.15, 0.2) is 0 Å². The van der Waals surface area contributed by atoms with Crippen molar-refractivity contribution in [3.8, 4) is 0 Å². The first-order valence-corrected chi connectivity index (χ1v) is 5.70. The predicted molar refractivity (Wildman–Crippen MR) is 64.2 cm³/mol. The summed E-state index contributed by atoms with van der Waals surface area (Å²) in [4.78, 5) is 11.3. The predicted octanol–water partition coefficient (Wildman–Crippen LogP) is 2.56. The standard InChI is InChI=1S/C13H18FNO2/c1-3-4-7-13(15,12(16)17)10-5-6-11(14)9(2)8-10/h5-6,8H,3-4,7,15H2,1-2H3,(H,16,17). The zero-order chi connectivity index (χ0) is 13.1. The van der Waals surface area contributed by atoms with E-state index in [1.807, 2.05) is 6.92 Å². The van der Waals surface area contributed by atoms with Gasteiger partial charge in [-0.15, -0.1) is 0 Å². The Morgan fingerprint density at radius 3 is 2.65 bits per heavy atom. The molecule has 0 heterocycles. The number of aryl methyl sites for hydroxylation is 1. The minimum absolute atomic E-state index is 0.350. The Morgan fingerprint density at radius 1 is 1.53 bits per heavy atom. The number of carboxylic acids is 1. The van der Waals surface area contributed by atoms with E-state index in [4.69, 9.17) is 5.73 Å². The van der Waals surface area contributed by atoms with Gasteiger partial charge in [-0.3, -0.25) is 0 Å². The second-order valence-electron chi connectivity index (χ2n) is 4.34. The van der Waals surface area contributed by atoms with Crippen molar-refractivity contribution < 1.29 is 14.3 Å². The summed E-state index contributed by atoms with van der Waals surface area (Å²) in [5, 5.41) is 9.25. The quantitative estimate of drug-likeness (QED) is 0.830. The summed E-state index contributed by atoms with van der Waals surface area (Å²) in [7, 11) is 0. The van der Waals surface area contributed by atoms with Gasteiger partial charge in [0.05, 0.1) is 0 Å². The molecule has 94 valence electrons. The van der Waals surface area contributed by atoms with Crippen LogP contribution >= 0.6 is 0 Å². The highest BCUT2D eigenvalue weighted by molar-refractivity contribution is 5.80. The van der Waals surface area contributed by atoms with Crippen molar-refractivity contribution in [2.24, 2.45) is 5.73 Å². The molecule has 0 aliphatic rings. The normalized spacial score (nSPS) is 14.4. The summed E-state index contributed by atoms with van der Waals surface area (Å²) in [6.07, 6.45) is 1.94. The number of hydrogen-bond acceptors (Lipinski definition) is 2. The molecular weight excluding hydrogens is 221 g/mol. The number of carboxylic acid groups (broad SMARTS) is 1. The largest absolute Gasteiger partial charge is 0.480 e. The summed E-state index contributed by atoms with van der Waals surface area (Å²) in [6.45, 7) is 3.57. The third-order valence-electron chi connectivity index (χ3n) is 2.98. The van der Waals surface area contributed by atoms with Crippen LogP contribution in [0.5, 0.6) is 0 Å². The van der Waals surface area contributed by atoms with E-state index in [0.29, 0.717) is 17.5 Å². The van der Waals surface area contributed by atoms with E-state index < -0.39 is 11.5 Å². The van der Waals surface area contributed by atoms with E-state index in [1.54, 1.807) is 6.92 Å². The van der Waals surface area contributed by atoms with Gasteiger partial charge in [0.2, 0.25) is 0 Å². The summed E-state index contributed by atoms with van der Waals surface area (Å²) < 4.78 is 13.2. The van der Waals surface area contributed by atoms with Crippen LogP contribution in [0.1, 0.15) is 37.3 Å². The Morgan fingerprint density at radius 2 is 2.18 bits per heavy atom. The van der Waals surface area contributed by atoms with Crippen molar-refractivity contribution in [2.45, 2.75) is 38.6 Å². The van der Waals surface area contributed by atoms with Crippen molar-refractivity contribution in [2.75, 3.05) is 0 Å². The molecule has 0 spiro atoms. The fourth-order valence-electron chi connectivity index (χ4n) is 1.75. The van der Waals surface area contributed by atoms with Gasteiger partial charge >= 0.3 is 5.97 Å². The minimum Gasteiger partial charge on any atom is -0.480 e. The Labute approximate surface area is 100 Å².